The Bertz CT molecular complexity index is 578. The number of carbonyl (C=O) groups excluding carboxylic acids is 2. The lowest BCUT2D eigenvalue weighted by molar-refractivity contribution is -0.134. The van der Waals surface area contributed by atoms with Gasteiger partial charge in [-0.3, -0.25) is 9.59 Å². The highest BCUT2D eigenvalue weighted by Crippen LogP contribution is 2.49. The third-order valence-electron chi connectivity index (χ3n) is 5.97. The van der Waals surface area contributed by atoms with Crippen LogP contribution in [-0.4, -0.2) is 47.8 Å². The standard InChI is InChI=1S/C18H24N2O2S/c21-17(12-15-11-13-3-4-14(15)10-13)19-5-7-20(8-6-19)18(22)16-2-1-9-23-16/h1-2,9,13-15H,3-8,10-12H2/t13-,14+,15-/m0/s1. The van der Waals surface area contributed by atoms with Crippen LogP contribution in [0.5, 0.6) is 0 Å². The third-order valence-corrected chi connectivity index (χ3v) is 6.83. The van der Waals surface area contributed by atoms with E-state index in [1.54, 1.807) is 0 Å². The number of piperazine rings is 1. The molecule has 0 N–H and O–H groups in total. The molecule has 1 aromatic heterocycles. The van der Waals surface area contributed by atoms with Gasteiger partial charge in [-0.25, -0.2) is 0 Å². The molecule has 3 atom stereocenters. The number of carbonyl (C=O) groups is 2. The molecule has 2 saturated carbocycles. The minimum atomic E-state index is 0.111. The maximum Gasteiger partial charge on any atom is 0.264 e. The zero-order valence-electron chi connectivity index (χ0n) is 13.4. The van der Waals surface area contributed by atoms with Crippen LogP contribution in [0.1, 0.15) is 41.8 Å². The van der Waals surface area contributed by atoms with Crippen LogP contribution in [0.15, 0.2) is 17.5 Å². The molecule has 3 fully saturated rings. The van der Waals surface area contributed by atoms with E-state index in [0.29, 0.717) is 38.0 Å². The summed E-state index contributed by atoms with van der Waals surface area (Å²) in [6.45, 7) is 2.71. The third kappa shape index (κ3) is 3.03. The molecule has 2 heterocycles. The van der Waals surface area contributed by atoms with Crippen molar-refractivity contribution >= 4 is 23.2 Å². The van der Waals surface area contributed by atoms with Gasteiger partial charge in [0.2, 0.25) is 5.91 Å². The Hall–Kier alpha value is -1.36. The molecule has 2 amide bonds. The summed E-state index contributed by atoms with van der Waals surface area (Å²) in [5.41, 5.74) is 0. The number of hydrogen-bond donors (Lipinski definition) is 0. The molecule has 23 heavy (non-hydrogen) atoms. The summed E-state index contributed by atoms with van der Waals surface area (Å²) < 4.78 is 0. The van der Waals surface area contributed by atoms with Crippen molar-refractivity contribution in [3.8, 4) is 0 Å². The number of amides is 2. The van der Waals surface area contributed by atoms with Crippen LogP contribution < -0.4 is 0 Å². The van der Waals surface area contributed by atoms with E-state index in [2.05, 4.69) is 0 Å². The molecule has 0 spiro atoms. The van der Waals surface area contributed by atoms with E-state index in [1.165, 1.54) is 37.0 Å². The Morgan fingerprint density at radius 3 is 2.48 bits per heavy atom. The molecule has 5 heteroatoms. The van der Waals surface area contributed by atoms with Crippen molar-refractivity contribution in [3.05, 3.63) is 22.4 Å². The van der Waals surface area contributed by atoms with Crippen molar-refractivity contribution in [1.82, 2.24) is 9.80 Å². The number of hydrogen-bond acceptors (Lipinski definition) is 3. The summed E-state index contributed by atoms with van der Waals surface area (Å²) >= 11 is 1.49. The molecule has 3 aliphatic rings. The van der Waals surface area contributed by atoms with E-state index in [4.69, 9.17) is 0 Å². The van der Waals surface area contributed by atoms with Crippen molar-refractivity contribution in [2.75, 3.05) is 26.2 Å². The highest BCUT2D eigenvalue weighted by atomic mass is 32.1. The van der Waals surface area contributed by atoms with Crippen molar-refractivity contribution in [2.45, 2.75) is 32.1 Å². The van der Waals surface area contributed by atoms with E-state index in [0.717, 1.165) is 23.1 Å². The zero-order chi connectivity index (χ0) is 15.8. The smallest absolute Gasteiger partial charge is 0.264 e. The Morgan fingerprint density at radius 1 is 1.09 bits per heavy atom. The van der Waals surface area contributed by atoms with Gasteiger partial charge in [0.15, 0.2) is 0 Å². The number of nitrogens with zero attached hydrogens (tertiary/aromatic N) is 2. The van der Waals surface area contributed by atoms with Gasteiger partial charge in [0.05, 0.1) is 4.88 Å². The van der Waals surface area contributed by atoms with E-state index in [1.807, 2.05) is 27.3 Å². The van der Waals surface area contributed by atoms with E-state index in [9.17, 15) is 9.59 Å². The number of thiophene rings is 1. The molecule has 1 saturated heterocycles. The van der Waals surface area contributed by atoms with Crippen molar-refractivity contribution < 1.29 is 9.59 Å². The molecule has 4 nitrogen and oxygen atoms in total. The van der Waals surface area contributed by atoms with E-state index in [-0.39, 0.29) is 5.91 Å². The summed E-state index contributed by atoms with van der Waals surface area (Å²) in [5, 5.41) is 1.93. The maximum absolute atomic E-state index is 12.6. The minimum Gasteiger partial charge on any atom is -0.339 e. The number of rotatable bonds is 3. The Balaban J connectivity index is 1.28. The van der Waals surface area contributed by atoms with Crippen LogP contribution in [0.3, 0.4) is 0 Å². The summed E-state index contributed by atoms with van der Waals surface area (Å²) in [4.78, 5) is 29.6. The fourth-order valence-electron chi connectivity index (χ4n) is 4.69. The fraction of sp³-hybridized carbons (Fsp3) is 0.667. The summed E-state index contributed by atoms with van der Waals surface area (Å²) in [6, 6.07) is 3.78. The second-order valence-corrected chi connectivity index (χ2v) is 8.24. The molecule has 1 aromatic rings. The normalized spacial score (nSPS) is 30.0. The lowest BCUT2D eigenvalue weighted by Gasteiger charge is -2.35. The molecule has 0 unspecified atom stereocenters. The quantitative estimate of drug-likeness (QED) is 0.854. The van der Waals surface area contributed by atoms with E-state index < -0.39 is 0 Å². The Morgan fingerprint density at radius 2 is 1.87 bits per heavy atom. The van der Waals surface area contributed by atoms with Crippen molar-refractivity contribution in [2.24, 2.45) is 17.8 Å². The lowest BCUT2D eigenvalue weighted by atomic mass is 9.86. The highest BCUT2D eigenvalue weighted by Gasteiger charge is 2.40. The molecule has 0 aromatic carbocycles. The van der Waals surface area contributed by atoms with Crippen molar-refractivity contribution in [3.63, 3.8) is 0 Å². The number of fused-ring (bicyclic) bond motifs is 2. The van der Waals surface area contributed by atoms with Gasteiger partial charge >= 0.3 is 0 Å². The van der Waals surface area contributed by atoms with Gasteiger partial charge in [0, 0.05) is 32.6 Å². The summed E-state index contributed by atoms with van der Waals surface area (Å²) in [7, 11) is 0. The Labute approximate surface area is 141 Å². The largest absolute Gasteiger partial charge is 0.339 e. The van der Waals surface area contributed by atoms with Crippen molar-refractivity contribution in [1.29, 1.82) is 0 Å². The molecular formula is C18H24N2O2S. The van der Waals surface area contributed by atoms with Gasteiger partial charge in [-0.05, 0) is 48.5 Å². The first-order valence-corrected chi connectivity index (χ1v) is 9.69. The predicted molar refractivity (Wildman–Crippen MR) is 90.4 cm³/mol. The molecule has 1 aliphatic heterocycles. The molecular weight excluding hydrogens is 308 g/mol. The highest BCUT2D eigenvalue weighted by molar-refractivity contribution is 7.12. The van der Waals surface area contributed by atoms with Gasteiger partial charge in [-0.1, -0.05) is 12.5 Å². The Kier molecular flexibility index (Phi) is 4.14. The van der Waals surface area contributed by atoms with Crippen LogP contribution in [0.4, 0.5) is 0 Å². The van der Waals surface area contributed by atoms with Gasteiger partial charge in [-0.2, -0.15) is 0 Å². The zero-order valence-corrected chi connectivity index (χ0v) is 14.3. The van der Waals surface area contributed by atoms with Crippen LogP contribution in [0.2, 0.25) is 0 Å². The molecule has 2 bridgehead atoms. The van der Waals surface area contributed by atoms with Gasteiger partial charge in [-0.15, -0.1) is 11.3 Å². The molecule has 124 valence electrons. The predicted octanol–water partition coefficient (Wildman–Crippen LogP) is 2.86. The minimum absolute atomic E-state index is 0.111. The van der Waals surface area contributed by atoms with Crippen LogP contribution in [-0.2, 0) is 4.79 Å². The lowest BCUT2D eigenvalue weighted by Crippen LogP contribution is -2.50. The van der Waals surface area contributed by atoms with Crippen LogP contribution in [0, 0.1) is 17.8 Å². The average Bonchev–Trinajstić information content (AvgIpc) is 3.32. The van der Waals surface area contributed by atoms with Crippen LogP contribution >= 0.6 is 11.3 Å². The first-order chi connectivity index (χ1) is 11.2. The topological polar surface area (TPSA) is 40.6 Å². The maximum atomic E-state index is 12.6. The van der Waals surface area contributed by atoms with Gasteiger partial charge in [0.25, 0.3) is 5.91 Å². The fourth-order valence-corrected chi connectivity index (χ4v) is 5.39. The average molecular weight is 332 g/mol. The van der Waals surface area contributed by atoms with E-state index >= 15 is 0 Å². The second kappa shape index (κ2) is 6.27. The summed E-state index contributed by atoms with van der Waals surface area (Å²) in [6.07, 6.45) is 6.10. The van der Waals surface area contributed by atoms with Gasteiger partial charge < -0.3 is 9.80 Å². The monoisotopic (exact) mass is 332 g/mol. The summed E-state index contributed by atoms with van der Waals surface area (Å²) in [5.74, 6) is 2.77. The van der Waals surface area contributed by atoms with Crippen LogP contribution in [0.25, 0.3) is 0 Å². The van der Waals surface area contributed by atoms with Gasteiger partial charge in [0.1, 0.15) is 0 Å². The first kappa shape index (κ1) is 15.2. The first-order valence-electron chi connectivity index (χ1n) is 8.81. The molecule has 0 radical (unpaired) electrons. The second-order valence-electron chi connectivity index (χ2n) is 7.29. The SMILES string of the molecule is O=C(C[C@@H]1C[C@H]2CC[C@@H]1C2)N1CCN(C(=O)c2cccs2)CC1. The molecule has 4 rings (SSSR count). The molecule has 2 aliphatic carbocycles.